The molecule has 186 valence electrons. The van der Waals surface area contributed by atoms with Gasteiger partial charge in [0, 0.05) is 24.1 Å². The van der Waals surface area contributed by atoms with Gasteiger partial charge in [0.1, 0.15) is 5.75 Å². The maximum Gasteiger partial charge on any atom is 0.277 e. The number of nitrogens with two attached hydrogens (primary N) is 1. The van der Waals surface area contributed by atoms with Gasteiger partial charge >= 0.3 is 0 Å². The summed E-state index contributed by atoms with van der Waals surface area (Å²) >= 11 is 0. The van der Waals surface area contributed by atoms with Crippen LogP contribution in [0.15, 0.2) is 53.5 Å². The Morgan fingerprint density at radius 2 is 1.91 bits per heavy atom. The van der Waals surface area contributed by atoms with Gasteiger partial charge in [0.15, 0.2) is 5.78 Å². The standard InChI is InChI=1S/C28H35N3O4/c1-4-5-10-24(32)22(17-18-11-12-18)26(33)28(29)27(34)31(2)23-9-7-6-8-21(23)25(30-28)19-13-15-20(35-3)16-14-19/h6-9,13-16,18,22,24,32H,4-5,10-12,17,29H2,1-3H3/t22-,24+,28?/m1/s1. The highest BCUT2D eigenvalue weighted by Gasteiger charge is 2.51. The minimum atomic E-state index is -2.14. The van der Waals surface area contributed by atoms with E-state index in [0.29, 0.717) is 47.0 Å². The second kappa shape index (κ2) is 10.3. The third-order valence-electron chi connectivity index (χ3n) is 7.12. The molecular formula is C28H35N3O4. The van der Waals surface area contributed by atoms with E-state index in [-0.39, 0.29) is 0 Å². The molecule has 1 aliphatic carbocycles. The lowest BCUT2D eigenvalue weighted by atomic mass is 9.82. The number of aliphatic imine (C=N–C) groups is 1. The highest BCUT2D eigenvalue weighted by Crippen LogP contribution is 2.39. The summed E-state index contributed by atoms with van der Waals surface area (Å²) in [6, 6.07) is 14.7. The molecule has 0 radical (unpaired) electrons. The molecule has 0 saturated heterocycles. The van der Waals surface area contributed by atoms with E-state index in [9.17, 15) is 14.7 Å². The fourth-order valence-electron chi connectivity index (χ4n) is 4.79. The number of methoxy groups -OCH3 is 1. The van der Waals surface area contributed by atoms with Gasteiger partial charge in [0.25, 0.3) is 5.91 Å². The molecule has 7 nitrogen and oxygen atoms in total. The second-order valence-corrected chi connectivity index (χ2v) is 9.70. The van der Waals surface area contributed by atoms with Crippen LogP contribution in [-0.4, -0.2) is 48.4 Å². The lowest BCUT2D eigenvalue weighted by Crippen LogP contribution is -2.61. The van der Waals surface area contributed by atoms with Crippen molar-refractivity contribution >= 4 is 23.1 Å². The van der Waals surface area contributed by atoms with Crippen LogP contribution in [0.4, 0.5) is 5.69 Å². The predicted molar refractivity (Wildman–Crippen MR) is 137 cm³/mol. The molecule has 1 aliphatic heterocycles. The van der Waals surface area contributed by atoms with E-state index in [0.717, 1.165) is 25.7 Å². The van der Waals surface area contributed by atoms with E-state index < -0.39 is 29.4 Å². The summed E-state index contributed by atoms with van der Waals surface area (Å²) in [5, 5.41) is 11.0. The average molecular weight is 478 g/mol. The molecule has 1 saturated carbocycles. The molecular weight excluding hydrogens is 442 g/mol. The van der Waals surface area contributed by atoms with E-state index >= 15 is 0 Å². The Kier molecular flexibility index (Phi) is 7.38. The molecule has 1 heterocycles. The second-order valence-electron chi connectivity index (χ2n) is 9.70. The van der Waals surface area contributed by atoms with Gasteiger partial charge in [-0.15, -0.1) is 0 Å². The molecule has 4 rings (SSSR count). The number of para-hydroxylation sites is 1. The molecule has 3 N–H and O–H groups in total. The topological polar surface area (TPSA) is 105 Å². The van der Waals surface area contributed by atoms with Crippen LogP contribution in [0.25, 0.3) is 0 Å². The smallest absolute Gasteiger partial charge is 0.277 e. The minimum Gasteiger partial charge on any atom is -0.497 e. The van der Waals surface area contributed by atoms with Gasteiger partial charge in [-0.25, -0.2) is 4.99 Å². The van der Waals surface area contributed by atoms with Crippen LogP contribution in [-0.2, 0) is 9.59 Å². The number of rotatable bonds is 10. The first-order chi connectivity index (χ1) is 16.8. The number of ether oxygens (including phenoxy) is 1. The quantitative estimate of drug-likeness (QED) is 0.508. The number of carbonyl (C=O) groups excluding carboxylic acids is 2. The Morgan fingerprint density at radius 3 is 2.54 bits per heavy atom. The summed E-state index contributed by atoms with van der Waals surface area (Å²) in [6.07, 6.45) is 3.93. The van der Waals surface area contributed by atoms with E-state index in [1.54, 1.807) is 26.3 Å². The lowest BCUT2D eigenvalue weighted by Gasteiger charge is -2.31. The molecule has 0 aromatic heterocycles. The number of fused-ring (bicyclic) bond motifs is 1. The minimum absolute atomic E-state index is 0.379. The Labute approximate surface area is 207 Å². The summed E-state index contributed by atoms with van der Waals surface area (Å²) < 4.78 is 5.29. The number of aliphatic hydroxyl groups is 1. The van der Waals surface area contributed by atoms with Crippen molar-refractivity contribution in [2.24, 2.45) is 22.6 Å². The van der Waals surface area contributed by atoms with Gasteiger partial charge < -0.3 is 14.7 Å². The predicted octanol–water partition coefficient (Wildman–Crippen LogP) is 3.70. The van der Waals surface area contributed by atoms with Crippen molar-refractivity contribution in [3.8, 4) is 5.75 Å². The first-order valence-corrected chi connectivity index (χ1v) is 12.4. The molecule has 2 aromatic carbocycles. The SMILES string of the molecule is CCCC[C@H](O)[C@@H](CC1CC1)C(=O)C1(N)N=C(c2ccc(OC)cc2)c2ccccc2N(C)C1=O. The monoisotopic (exact) mass is 477 g/mol. The van der Waals surface area contributed by atoms with Crippen LogP contribution >= 0.6 is 0 Å². The van der Waals surface area contributed by atoms with Crippen LogP contribution < -0.4 is 15.4 Å². The van der Waals surface area contributed by atoms with Crippen molar-refractivity contribution in [1.29, 1.82) is 0 Å². The third kappa shape index (κ3) is 5.02. The first kappa shape index (κ1) is 25.1. The molecule has 0 spiro atoms. The molecule has 2 aliphatic rings. The number of Topliss-reactive ketones (excluding diaryl/α,β-unsaturated/α-hetero) is 1. The van der Waals surface area contributed by atoms with Crippen LogP contribution in [0.3, 0.4) is 0 Å². The van der Waals surface area contributed by atoms with Crippen molar-refractivity contribution in [3.05, 3.63) is 59.7 Å². The Morgan fingerprint density at radius 1 is 1.23 bits per heavy atom. The first-order valence-electron chi connectivity index (χ1n) is 12.4. The van der Waals surface area contributed by atoms with Gasteiger partial charge in [0.2, 0.25) is 5.66 Å². The number of carbonyl (C=O) groups is 2. The maximum atomic E-state index is 14.1. The molecule has 7 heteroatoms. The van der Waals surface area contributed by atoms with Crippen molar-refractivity contribution in [2.75, 3.05) is 19.1 Å². The number of benzodiazepines with no additional fused rings is 1. The molecule has 2 aromatic rings. The number of amides is 1. The number of anilines is 1. The maximum absolute atomic E-state index is 14.1. The van der Waals surface area contributed by atoms with E-state index in [1.165, 1.54) is 4.90 Å². The number of ketones is 1. The summed E-state index contributed by atoms with van der Waals surface area (Å²) in [7, 11) is 3.21. The van der Waals surface area contributed by atoms with Gasteiger partial charge in [-0.2, -0.15) is 0 Å². The normalized spacial score (nSPS) is 21.6. The Balaban J connectivity index is 1.83. The number of aliphatic hydroxyl groups excluding tert-OH is 1. The van der Waals surface area contributed by atoms with E-state index in [4.69, 9.17) is 15.5 Å². The van der Waals surface area contributed by atoms with Crippen LogP contribution in [0, 0.1) is 11.8 Å². The van der Waals surface area contributed by atoms with Crippen LogP contribution in [0.5, 0.6) is 5.75 Å². The van der Waals surface area contributed by atoms with Gasteiger partial charge in [-0.1, -0.05) is 50.8 Å². The van der Waals surface area contributed by atoms with Gasteiger partial charge in [-0.05, 0) is 49.1 Å². The highest BCUT2D eigenvalue weighted by molar-refractivity contribution is 6.26. The summed E-state index contributed by atoms with van der Waals surface area (Å²) in [6.45, 7) is 2.04. The van der Waals surface area contributed by atoms with Crippen molar-refractivity contribution in [2.45, 2.75) is 57.2 Å². The van der Waals surface area contributed by atoms with Crippen LogP contribution in [0.1, 0.15) is 56.6 Å². The third-order valence-corrected chi connectivity index (χ3v) is 7.12. The summed E-state index contributed by atoms with van der Waals surface area (Å²) in [5.41, 5.74) is 7.07. The van der Waals surface area contributed by atoms with Crippen molar-refractivity contribution in [3.63, 3.8) is 0 Å². The molecule has 1 unspecified atom stereocenters. The molecule has 3 atom stereocenters. The average Bonchev–Trinajstić information content (AvgIpc) is 3.72. The number of hydrogen-bond acceptors (Lipinski definition) is 6. The number of nitrogens with zero attached hydrogens (tertiary/aromatic N) is 2. The number of likely N-dealkylation sites (N-methyl/N-ethyl adjacent to an activating group) is 1. The largest absolute Gasteiger partial charge is 0.497 e. The number of benzene rings is 2. The number of unbranched alkanes of at least 4 members (excludes halogenated alkanes) is 1. The van der Waals surface area contributed by atoms with Crippen molar-refractivity contribution < 1.29 is 19.4 Å². The zero-order valence-corrected chi connectivity index (χ0v) is 20.7. The van der Waals surface area contributed by atoms with Gasteiger partial charge in [0.05, 0.1) is 24.6 Å². The molecule has 35 heavy (non-hydrogen) atoms. The lowest BCUT2D eigenvalue weighted by molar-refractivity contribution is -0.139. The summed E-state index contributed by atoms with van der Waals surface area (Å²) in [5.74, 6) is -0.781. The zero-order chi connectivity index (χ0) is 25.2. The van der Waals surface area contributed by atoms with E-state index in [1.807, 2.05) is 43.3 Å². The Hall–Kier alpha value is -3.03. The fraction of sp³-hybridized carbons (Fsp3) is 0.464. The molecule has 1 fully saturated rings. The number of hydrogen-bond donors (Lipinski definition) is 2. The fourth-order valence-corrected chi connectivity index (χ4v) is 4.79. The van der Waals surface area contributed by atoms with Crippen LogP contribution in [0.2, 0.25) is 0 Å². The molecule has 0 bridgehead atoms. The van der Waals surface area contributed by atoms with Crippen molar-refractivity contribution in [1.82, 2.24) is 0 Å². The zero-order valence-electron chi connectivity index (χ0n) is 20.7. The molecule has 1 amide bonds. The summed E-state index contributed by atoms with van der Waals surface area (Å²) in [4.78, 5) is 34.0. The van der Waals surface area contributed by atoms with E-state index in [2.05, 4.69) is 0 Å². The van der Waals surface area contributed by atoms with Gasteiger partial charge in [-0.3, -0.25) is 15.3 Å². The highest BCUT2D eigenvalue weighted by atomic mass is 16.5. The Bertz CT molecular complexity index is 1110.